The van der Waals surface area contributed by atoms with Crippen LogP contribution in [0.3, 0.4) is 0 Å². The molecule has 12 atom stereocenters. The van der Waals surface area contributed by atoms with E-state index >= 15 is 0 Å². The molecule has 0 amide bonds. The molecule has 9 rings (SSSR count). The van der Waals surface area contributed by atoms with Crippen LogP contribution < -0.4 is 16.4 Å². The second-order valence-electron chi connectivity index (χ2n) is 21.9. The number of aryl methyl sites for hydroxylation is 1. The van der Waals surface area contributed by atoms with Crippen molar-refractivity contribution in [3.05, 3.63) is 83.8 Å². The predicted molar refractivity (Wildman–Crippen MR) is 246 cm³/mol. The van der Waals surface area contributed by atoms with Gasteiger partial charge in [-0.25, -0.2) is 0 Å². The van der Waals surface area contributed by atoms with Gasteiger partial charge in [0.15, 0.2) is 5.96 Å². The van der Waals surface area contributed by atoms with Gasteiger partial charge in [0.25, 0.3) is 0 Å². The lowest BCUT2D eigenvalue weighted by molar-refractivity contribution is -0.0693. The lowest BCUT2D eigenvalue weighted by Gasteiger charge is -2.58. The van der Waals surface area contributed by atoms with Gasteiger partial charge in [-0.3, -0.25) is 4.99 Å². The van der Waals surface area contributed by atoms with Crippen LogP contribution in [0.25, 0.3) is 10.8 Å². The number of ether oxygens (including phenoxy) is 1. The number of hydrogen-bond acceptors (Lipinski definition) is 6. The summed E-state index contributed by atoms with van der Waals surface area (Å²) >= 11 is 0. The standard InChI is InChI=1S/C53H76N4O4/c1-35-26-52(22-17-37(27-52)18-23-53(59)20-7-11-43(58)28-53)48-51(3,61-48)21-19-47-45(35)29-50(47,2)42-16-14-39(25-42)31-56-49(54)57-32-40(44-12-6-10-41-33-60-34-46(41)44)15-13-36-8-5-9-38(24-36)30-55-4/h5-6,8-10,12,24,33-34,37,39-40,42-43,45,47-48,55,58-59H,1,7,11,13-23,25-32H2,2-4H3,(H3,54,56,57). The minimum atomic E-state index is -0.680. The maximum absolute atomic E-state index is 11.3. The Hall–Kier alpha value is -3.17. The number of aliphatic hydroxyl groups is 2. The highest BCUT2D eigenvalue weighted by atomic mass is 16.6. The number of aliphatic imine (C=N–C) groups is 1. The van der Waals surface area contributed by atoms with Crippen LogP contribution in [0.15, 0.2) is 76.6 Å². The maximum atomic E-state index is 11.3. The van der Waals surface area contributed by atoms with E-state index < -0.39 is 5.60 Å². The summed E-state index contributed by atoms with van der Waals surface area (Å²) < 4.78 is 12.4. The second kappa shape index (κ2) is 17.4. The Morgan fingerprint density at radius 3 is 2.69 bits per heavy atom. The molecule has 2 heterocycles. The highest BCUT2D eigenvalue weighted by Crippen LogP contribution is 2.69. The first-order chi connectivity index (χ1) is 29.4. The third-order valence-corrected chi connectivity index (χ3v) is 17.7. The Balaban J connectivity index is 0.793. The molecule has 1 aromatic heterocycles. The number of guanidine groups is 1. The average Bonchev–Trinajstić information content (AvgIpc) is 3.68. The van der Waals surface area contributed by atoms with Crippen molar-refractivity contribution in [3.8, 4) is 0 Å². The molecule has 6 N–H and O–H groups in total. The Labute approximate surface area is 366 Å². The van der Waals surface area contributed by atoms with Crippen LogP contribution in [-0.4, -0.2) is 59.7 Å². The highest BCUT2D eigenvalue weighted by molar-refractivity contribution is 5.85. The molecular formula is C53H76N4O4. The van der Waals surface area contributed by atoms with Gasteiger partial charge < -0.3 is 35.7 Å². The van der Waals surface area contributed by atoms with E-state index in [0.29, 0.717) is 54.1 Å². The number of hydrogen-bond donors (Lipinski definition) is 5. The Kier molecular flexibility index (Phi) is 12.3. The first kappa shape index (κ1) is 43.1. The lowest BCUT2D eigenvalue weighted by atomic mass is 9.46. The molecule has 6 aliphatic rings. The Morgan fingerprint density at radius 2 is 1.84 bits per heavy atom. The van der Waals surface area contributed by atoms with Gasteiger partial charge in [-0.1, -0.05) is 61.5 Å². The fraction of sp³-hybridized carbons (Fsp3) is 0.679. The van der Waals surface area contributed by atoms with Crippen LogP contribution in [-0.2, 0) is 17.7 Å². The van der Waals surface area contributed by atoms with E-state index in [-0.39, 0.29) is 23.0 Å². The summed E-state index contributed by atoms with van der Waals surface area (Å²) in [4.78, 5) is 4.99. The van der Waals surface area contributed by atoms with Gasteiger partial charge in [0.1, 0.15) is 0 Å². The quantitative estimate of drug-likeness (QED) is 0.0474. The van der Waals surface area contributed by atoms with Crippen molar-refractivity contribution >= 4 is 16.7 Å². The lowest BCUT2D eigenvalue weighted by Crippen LogP contribution is -2.51. The van der Waals surface area contributed by atoms with E-state index in [1.165, 1.54) is 79.0 Å². The minimum absolute atomic E-state index is 0.00724. The van der Waals surface area contributed by atoms with Crippen molar-refractivity contribution in [2.24, 2.45) is 51.1 Å². The SMILES string of the molecule is C=C1CC2(CCC(CCC3(O)CCCC(O)C3)C2)C2OC2(C)CCC2C1CC2(C)C1CCC(CNC(N)=NCC(CCc2cccc(CNC)c2)c2cccc3cocc23)C1. The van der Waals surface area contributed by atoms with E-state index in [9.17, 15) is 10.2 Å². The smallest absolute Gasteiger partial charge is 0.188 e. The summed E-state index contributed by atoms with van der Waals surface area (Å²) in [5, 5.41) is 30.7. The third kappa shape index (κ3) is 8.99. The van der Waals surface area contributed by atoms with Crippen molar-refractivity contribution in [2.75, 3.05) is 20.1 Å². The zero-order valence-electron chi connectivity index (χ0n) is 37.6. The molecule has 5 saturated carbocycles. The van der Waals surface area contributed by atoms with E-state index in [0.717, 1.165) is 82.2 Å². The number of nitrogens with two attached hydrogens (primary N) is 1. The van der Waals surface area contributed by atoms with Crippen LogP contribution in [0.4, 0.5) is 0 Å². The van der Waals surface area contributed by atoms with Crippen LogP contribution in [0, 0.1) is 40.4 Å². The zero-order valence-corrected chi connectivity index (χ0v) is 37.6. The molecule has 0 bridgehead atoms. The summed E-state index contributed by atoms with van der Waals surface area (Å²) in [5.74, 6) is 4.07. The second-order valence-corrected chi connectivity index (χ2v) is 21.9. The van der Waals surface area contributed by atoms with E-state index in [1.807, 2.05) is 19.6 Å². The van der Waals surface area contributed by atoms with E-state index in [2.05, 4.69) is 66.9 Å². The molecule has 12 unspecified atom stereocenters. The molecule has 3 aromatic rings. The van der Waals surface area contributed by atoms with Crippen molar-refractivity contribution < 1.29 is 19.4 Å². The fourth-order valence-corrected chi connectivity index (χ4v) is 14.3. The molecule has 332 valence electrons. The molecule has 8 nitrogen and oxygen atoms in total. The van der Waals surface area contributed by atoms with Crippen molar-refractivity contribution in [1.29, 1.82) is 0 Å². The van der Waals surface area contributed by atoms with Gasteiger partial charge in [0.2, 0.25) is 0 Å². The van der Waals surface area contributed by atoms with Gasteiger partial charge in [0.05, 0.1) is 35.9 Å². The molecule has 8 heteroatoms. The molecular weight excluding hydrogens is 757 g/mol. The molecule has 6 fully saturated rings. The number of fused-ring (bicyclic) bond motifs is 4. The maximum Gasteiger partial charge on any atom is 0.188 e. The van der Waals surface area contributed by atoms with Crippen LogP contribution in [0.2, 0.25) is 0 Å². The molecule has 1 spiro atoms. The summed E-state index contributed by atoms with van der Waals surface area (Å²) in [7, 11) is 1.99. The fourth-order valence-electron chi connectivity index (χ4n) is 14.3. The minimum Gasteiger partial charge on any atom is -0.471 e. The number of furan rings is 1. The van der Waals surface area contributed by atoms with Crippen LogP contribution in [0.1, 0.15) is 146 Å². The van der Waals surface area contributed by atoms with Crippen molar-refractivity contribution in [3.63, 3.8) is 0 Å². The molecule has 0 radical (unpaired) electrons. The van der Waals surface area contributed by atoms with Crippen LogP contribution in [0.5, 0.6) is 0 Å². The Morgan fingerprint density at radius 1 is 0.984 bits per heavy atom. The first-order valence-corrected chi connectivity index (χ1v) is 24.3. The zero-order chi connectivity index (χ0) is 42.4. The highest BCUT2D eigenvalue weighted by Gasteiger charge is 2.67. The number of rotatable bonds is 14. The normalized spacial score (nSPS) is 38.0. The topological polar surface area (TPSA) is 129 Å². The first-order valence-electron chi connectivity index (χ1n) is 24.3. The van der Waals surface area contributed by atoms with Crippen molar-refractivity contribution in [1.82, 2.24) is 10.6 Å². The molecule has 5 aliphatic carbocycles. The molecule has 1 aliphatic heterocycles. The predicted octanol–water partition coefficient (Wildman–Crippen LogP) is 9.96. The van der Waals surface area contributed by atoms with Gasteiger partial charge in [-0.15, -0.1) is 0 Å². The summed E-state index contributed by atoms with van der Waals surface area (Å²) in [6, 6.07) is 15.4. The van der Waals surface area contributed by atoms with E-state index in [1.54, 1.807) is 0 Å². The van der Waals surface area contributed by atoms with Crippen LogP contribution >= 0.6 is 0 Å². The Bertz CT molecular complexity index is 2050. The summed E-state index contributed by atoms with van der Waals surface area (Å²) in [6.07, 6.45) is 23.0. The largest absolute Gasteiger partial charge is 0.471 e. The number of aliphatic hydroxyl groups excluding tert-OH is 1. The third-order valence-electron chi connectivity index (χ3n) is 17.7. The number of epoxide rings is 1. The number of benzene rings is 2. The number of nitrogens with zero attached hydrogens (tertiary/aromatic N) is 1. The number of allylic oxidation sites excluding steroid dienone is 1. The monoisotopic (exact) mass is 833 g/mol. The molecule has 2 aromatic carbocycles. The van der Waals surface area contributed by atoms with E-state index in [4.69, 9.17) is 26.5 Å². The van der Waals surface area contributed by atoms with Gasteiger partial charge >= 0.3 is 0 Å². The summed E-state index contributed by atoms with van der Waals surface area (Å²) in [6.45, 7) is 12.3. The molecule has 61 heavy (non-hydrogen) atoms. The molecule has 1 saturated heterocycles. The van der Waals surface area contributed by atoms with Crippen molar-refractivity contribution in [2.45, 2.75) is 165 Å². The van der Waals surface area contributed by atoms with Gasteiger partial charge in [-0.05, 0) is 175 Å². The van der Waals surface area contributed by atoms with Gasteiger partial charge in [-0.2, -0.15) is 0 Å². The summed E-state index contributed by atoms with van der Waals surface area (Å²) in [5.41, 5.74) is 12.0. The average molecular weight is 833 g/mol. The number of nitrogens with one attached hydrogen (secondary N) is 2. The van der Waals surface area contributed by atoms with Gasteiger partial charge in [0, 0.05) is 48.2 Å².